The maximum Gasteiger partial charge on any atom is 0.231 e. The van der Waals surface area contributed by atoms with Gasteiger partial charge in [0, 0.05) is 121 Å². The first-order chi connectivity index (χ1) is 64.0. The summed E-state index contributed by atoms with van der Waals surface area (Å²) in [5.41, 5.74) is 12.4. The summed E-state index contributed by atoms with van der Waals surface area (Å²) in [6.07, 6.45) is 1.27. The smallest absolute Gasteiger partial charge is 0.231 e. The van der Waals surface area contributed by atoms with Crippen molar-refractivity contribution in [1.29, 1.82) is 0 Å². The fourth-order valence-electron chi connectivity index (χ4n) is 17.5. The Morgan fingerprint density at radius 3 is 1.50 bits per heavy atom. The van der Waals surface area contributed by atoms with Crippen LogP contribution in [0.3, 0.4) is 0 Å². The maximum absolute atomic E-state index is 11.8. The second kappa shape index (κ2) is 35.5. The van der Waals surface area contributed by atoms with Crippen LogP contribution in [0.5, 0.6) is 51.7 Å². The van der Waals surface area contributed by atoms with Crippen molar-refractivity contribution in [2.24, 2.45) is 0 Å². The number of carbonyl (C=O) groups is 9. The van der Waals surface area contributed by atoms with Gasteiger partial charge in [0.05, 0.1) is 44.5 Å². The predicted octanol–water partition coefficient (Wildman–Crippen LogP) is 21.8. The Balaban J connectivity index is 0.0000000924. The van der Waals surface area contributed by atoms with Crippen LogP contribution < -0.4 is 52.8 Å². The first kappa shape index (κ1) is 83.0. The molecule has 0 saturated heterocycles. The van der Waals surface area contributed by atoms with Gasteiger partial charge in [-0.1, -0.05) is 164 Å². The van der Waals surface area contributed by atoms with Crippen molar-refractivity contribution in [3.05, 3.63) is 329 Å². The topological polar surface area (TPSA) is 270 Å². The highest BCUT2D eigenvalue weighted by Gasteiger charge is 2.31. The first-order valence-corrected chi connectivity index (χ1v) is 43.6. The number of hydrogen-bond donors (Lipinski definition) is 1. The van der Waals surface area contributed by atoms with E-state index in [0.29, 0.717) is 75.2 Å². The van der Waals surface area contributed by atoms with E-state index in [2.05, 4.69) is 46.0 Å². The molecular weight excluding hydrogens is 1680 g/mol. The molecule has 13 heterocycles. The fraction of sp³-hybridized carbons (Fsp3) is 0.139. The van der Waals surface area contributed by atoms with Crippen LogP contribution in [0, 0.1) is 0 Å². The number of anilines is 2. The molecule has 15 aromatic carbocycles. The third-order valence-corrected chi connectivity index (χ3v) is 25.1. The van der Waals surface area contributed by atoms with Crippen LogP contribution in [-0.4, -0.2) is 130 Å². The molecule has 0 radical (unpaired) electrons. The van der Waals surface area contributed by atoms with Crippen LogP contribution in [0.4, 0.5) is 11.4 Å². The number of hydrogen-bond acceptors (Lipinski definition) is 22. The summed E-state index contributed by atoms with van der Waals surface area (Å²) in [5, 5.41) is 16.4. The van der Waals surface area contributed by atoms with Crippen molar-refractivity contribution in [2.75, 3.05) is 83.4 Å². The van der Waals surface area contributed by atoms with E-state index in [1.54, 1.807) is 29.5 Å². The largest absolute Gasteiger partial charge is 0.485 e. The van der Waals surface area contributed by atoms with E-state index in [1.165, 1.54) is 26.4 Å². The molecule has 22 nitrogen and oxygen atoms in total. The second-order valence-electron chi connectivity index (χ2n) is 32.0. The Morgan fingerprint density at radius 1 is 0.305 bits per heavy atom. The minimum atomic E-state index is -0.00620. The number of ether oxygens (including phenoxy) is 9. The molecule has 0 atom stereocenters. The van der Waals surface area contributed by atoms with Gasteiger partial charge in [-0.3, -0.25) is 43.2 Å². The Labute approximate surface area is 751 Å². The van der Waals surface area contributed by atoms with Crippen molar-refractivity contribution in [3.63, 3.8) is 0 Å². The van der Waals surface area contributed by atoms with Gasteiger partial charge in [0.1, 0.15) is 51.4 Å². The van der Waals surface area contributed by atoms with Gasteiger partial charge < -0.3 is 61.8 Å². The summed E-state index contributed by atoms with van der Waals surface area (Å²) >= 11 is 1.72. The van der Waals surface area contributed by atoms with Crippen LogP contribution in [0.25, 0.3) is 96.2 Å². The van der Waals surface area contributed by atoms with Crippen molar-refractivity contribution in [1.82, 2.24) is 4.57 Å². The molecule has 131 heavy (non-hydrogen) atoms. The quantitative estimate of drug-likeness (QED) is 0.160. The molecule has 18 aromatic rings. The highest BCUT2D eigenvalue weighted by atomic mass is 32.1. The number of Topliss-reactive ketones (excluding diaryl/α,β-unsaturated/α-hetero) is 9. The maximum atomic E-state index is 11.8. The summed E-state index contributed by atoms with van der Waals surface area (Å²) in [6.45, 7) is 6.01. The molecule has 0 aliphatic carbocycles. The number of carbonyl (C=O) groups excluding carboxylic acids is 9. The minimum Gasteiger partial charge on any atom is -0.485 e. The van der Waals surface area contributed by atoms with Crippen LogP contribution >= 0.6 is 11.3 Å². The van der Waals surface area contributed by atoms with E-state index in [1.807, 2.05) is 244 Å². The monoisotopic (exact) mass is 1750 g/mol. The van der Waals surface area contributed by atoms with Crippen LogP contribution in [0.2, 0.25) is 0 Å². The van der Waals surface area contributed by atoms with Crippen molar-refractivity contribution < 1.29 is 90.2 Å². The van der Waals surface area contributed by atoms with Gasteiger partial charge in [-0.25, -0.2) is 0 Å². The average Bonchev–Trinajstić information content (AvgIpc) is 1.59. The highest BCUT2D eigenvalue weighted by Crippen LogP contribution is 2.44. The zero-order chi connectivity index (χ0) is 89.5. The third kappa shape index (κ3) is 16.2. The Kier molecular flexibility index (Phi) is 22.5. The molecule has 1 N–H and O–H groups in total. The molecule has 0 fully saturated rings. The molecule has 646 valence electrons. The van der Waals surface area contributed by atoms with Gasteiger partial charge in [-0.15, -0.1) is 11.3 Å². The number of fused-ring (bicyclic) bond motifs is 24. The zero-order valence-electron chi connectivity index (χ0n) is 70.8. The van der Waals surface area contributed by atoms with E-state index in [4.69, 9.17) is 47.0 Å². The molecular formula is C108H79N3O19S. The number of aryl methyl sites for hydroxylation is 1. The standard InChI is InChI=1S/C16H13NO2.C14H8O3.C14H8O2S.3C12H8O2.C10H11NO.C9H9NO.C9H6O4/c1-2-17-13-6-4-3-5-10(13)11-8-16-12(7-14(11)17)15(18)9-19-16;15-11-7-16-13-5-9-8-3-1-2-4-12(8)17-14(9)6-10(11)13;15-11-7-16-12-5-9-8-3-1-2-4-13(8)17-14(9)6-10(11)12;13-11-7-14-12-6-9-4-2-1-3-8(9)5-10(11)12;13-10-7-14-11-6-5-8-3-1-2-4-9(8)12(10)11;13-11-7-14-12-9-4-2-1-3-8(9)5-6-10(11)12;1-11-7-6-10(12)8-4-2-3-5-9(8)11;11-9-5-6-10-8-4-2-1-3-7(8)9;10-6-3-11-7-2-9-8(1-5(6)7)12-4-13-9/h3-8H,2,9H2,1H3;2*1-6H,7H2;3*1-6H,7H2;2-5H,6-7H2,1H3;1-4,10H,5-6H2;1-2H,3-4H2. The van der Waals surface area contributed by atoms with E-state index in [9.17, 15) is 43.2 Å². The number of para-hydroxylation sites is 4. The molecule has 10 aliphatic heterocycles. The van der Waals surface area contributed by atoms with Crippen LogP contribution in [0.1, 0.15) is 113 Å². The van der Waals surface area contributed by atoms with E-state index >= 15 is 0 Å². The molecule has 0 unspecified atom stereocenters. The summed E-state index contributed by atoms with van der Waals surface area (Å²) in [7, 11) is 2.02. The first-order valence-electron chi connectivity index (χ1n) is 42.8. The summed E-state index contributed by atoms with van der Waals surface area (Å²) in [4.78, 5) is 105. The van der Waals surface area contributed by atoms with Gasteiger partial charge in [-0.2, -0.15) is 0 Å². The van der Waals surface area contributed by atoms with Crippen molar-refractivity contribution >= 4 is 171 Å². The molecule has 3 aromatic heterocycles. The average molecular weight is 1750 g/mol. The Hall–Kier alpha value is -16.3. The van der Waals surface area contributed by atoms with Gasteiger partial charge in [0.15, 0.2) is 69.3 Å². The predicted molar refractivity (Wildman–Crippen MR) is 504 cm³/mol. The lowest BCUT2D eigenvalue weighted by Gasteiger charge is -2.26. The molecule has 10 aliphatic rings. The summed E-state index contributed by atoms with van der Waals surface area (Å²) < 4.78 is 57.9. The number of nitrogens with zero attached hydrogens (tertiary/aromatic N) is 2. The van der Waals surface area contributed by atoms with Crippen LogP contribution in [-0.2, 0) is 6.54 Å². The number of nitrogens with one attached hydrogen (secondary N) is 1. The molecule has 23 heteroatoms. The molecule has 0 bridgehead atoms. The zero-order valence-corrected chi connectivity index (χ0v) is 71.6. The minimum absolute atomic E-state index is 0.00620. The lowest BCUT2D eigenvalue weighted by Crippen LogP contribution is -2.27. The number of furan rings is 1. The van der Waals surface area contributed by atoms with Crippen molar-refractivity contribution in [2.45, 2.75) is 26.3 Å². The van der Waals surface area contributed by atoms with Gasteiger partial charge in [0.2, 0.25) is 47.3 Å². The number of benzene rings is 15. The number of thiophene rings is 1. The van der Waals surface area contributed by atoms with Crippen LogP contribution in [0.15, 0.2) is 283 Å². The lowest BCUT2D eigenvalue weighted by atomic mass is 10.0. The summed E-state index contributed by atoms with van der Waals surface area (Å²) in [5.74, 6) is 7.06. The van der Waals surface area contributed by atoms with Gasteiger partial charge in [0.25, 0.3) is 0 Å². The third-order valence-electron chi connectivity index (χ3n) is 24.0. The SMILES string of the molecule is CCn1c2ccccc2c2cc3c(cc21)C(=O)CO3.CN1CCC(=O)c2ccccc21.O=C1CCNc2ccccc21.O=C1COc2c1ccc1ccccc21.O=C1COc2cc3c(cc21)OCO3.O=C1COc2cc3c(cc21)oc1ccccc13.O=C1COc2cc3c(cc21)sc1ccccc13.O=C1COc2cc3ccccc3cc21.O=C1COc2ccc3ccccc3c21. The molecule has 0 saturated carbocycles. The van der Waals surface area contributed by atoms with Crippen molar-refractivity contribution in [3.8, 4) is 51.7 Å². The summed E-state index contributed by atoms with van der Waals surface area (Å²) in [6, 6.07) is 90.0. The number of aromatic nitrogens is 1. The van der Waals surface area contributed by atoms with Gasteiger partial charge >= 0.3 is 0 Å². The normalized spacial score (nSPS) is 14.7. The number of ketones is 9. The molecule has 28 rings (SSSR count). The van der Waals surface area contributed by atoms with E-state index in [0.717, 1.165) is 140 Å². The lowest BCUT2D eigenvalue weighted by molar-refractivity contribution is 0.0953. The molecule has 0 spiro atoms. The Bertz CT molecular complexity index is 7660. The molecule has 0 amide bonds. The van der Waals surface area contributed by atoms with E-state index < -0.39 is 0 Å². The number of rotatable bonds is 1. The van der Waals surface area contributed by atoms with E-state index in [-0.39, 0.29) is 105 Å². The Morgan fingerprint density at radius 2 is 0.802 bits per heavy atom. The van der Waals surface area contributed by atoms with Gasteiger partial charge in [-0.05, 0) is 143 Å². The fourth-order valence-corrected chi connectivity index (χ4v) is 18.6. The highest BCUT2D eigenvalue weighted by molar-refractivity contribution is 7.25. The second-order valence-corrected chi connectivity index (χ2v) is 33.1.